The molecule has 0 saturated heterocycles. The largest absolute Gasteiger partial charge is 0.488 e. The van der Waals surface area contributed by atoms with Crippen molar-refractivity contribution in [3.8, 4) is 5.75 Å². The Morgan fingerprint density at radius 2 is 2.20 bits per heavy atom. The van der Waals surface area contributed by atoms with Crippen LogP contribution in [0.4, 0.5) is 4.39 Å². The van der Waals surface area contributed by atoms with Crippen LogP contribution in [0, 0.1) is 18.7 Å². The molecule has 2 rings (SSSR count). The number of aryl methyl sites for hydroxylation is 1. The van der Waals surface area contributed by atoms with Gasteiger partial charge in [-0.15, -0.1) is 0 Å². The third-order valence-corrected chi connectivity index (χ3v) is 3.58. The van der Waals surface area contributed by atoms with E-state index >= 15 is 0 Å². The van der Waals surface area contributed by atoms with E-state index in [1.807, 2.05) is 0 Å². The number of hydrogen-bond acceptors (Lipinski definition) is 4. The van der Waals surface area contributed by atoms with Gasteiger partial charge in [-0.3, -0.25) is 0 Å². The van der Waals surface area contributed by atoms with Crippen molar-refractivity contribution in [1.82, 2.24) is 0 Å². The molecule has 0 amide bonds. The molecular weight excluding hydrogens is 261 g/mol. The molecule has 1 atom stereocenters. The van der Waals surface area contributed by atoms with E-state index in [2.05, 4.69) is 0 Å². The second kappa shape index (κ2) is 5.79. The molecule has 0 bridgehead atoms. The molecule has 4 nitrogen and oxygen atoms in total. The Labute approximate surface area is 118 Å². The molecule has 0 spiro atoms. The summed E-state index contributed by atoms with van der Waals surface area (Å²) in [5, 5.41) is 0. The first-order valence-corrected chi connectivity index (χ1v) is 6.83. The number of carbonyl (C=O) groups is 1. The van der Waals surface area contributed by atoms with Gasteiger partial charge in [-0.05, 0) is 44.2 Å². The first kappa shape index (κ1) is 14.8. The minimum atomic E-state index is -1.19. The highest BCUT2D eigenvalue weighted by atomic mass is 19.1. The van der Waals surface area contributed by atoms with E-state index in [0.717, 1.165) is 12.8 Å². The highest BCUT2D eigenvalue weighted by molar-refractivity contribution is 5.81. The van der Waals surface area contributed by atoms with Gasteiger partial charge in [-0.25, -0.2) is 9.18 Å². The van der Waals surface area contributed by atoms with Crippen molar-refractivity contribution in [2.24, 2.45) is 11.7 Å². The number of benzene rings is 1. The van der Waals surface area contributed by atoms with Gasteiger partial charge in [0.15, 0.2) is 17.1 Å². The zero-order valence-electron chi connectivity index (χ0n) is 11.8. The summed E-state index contributed by atoms with van der Waals surface area (Å²) in [7, 11) is 0. The minimum absolute atomic E-state index is 0.0504. The van der Waals surface area contributed by atoms with Gasteiger partial charge in [-0.2, -0.15) is 0 Å². The van der Waals surface area contributed by atoms with E-state index in [4.69, 9.17) is 15.2 Å². The third kappa shape index (κ3) is 2.93. The maximum absolute atomic E-state index is 13.9. The van der Waals surface area contributed by atoms with Gasteiger partial charge in [0, 0.05) is 0 Å². The summed E-state index contributed by atoms with van der Waals surface area (Å²) in [6.07, 6.45) is 1.74. The molecule has 0 aromatic heterocycles. The Balaban J connectivity index is 2.09. The normalized spacial score (nSPS) is 17.4. The third-order valence-electron chi connectivity index (χ3n) is 3.58. The van der Waals surface area contributed by atoms with E-state index in [0.29, 0.717) is 5.56 Å². The van der Waals surface area contributed by atoms with Crippen molar-refractivity contribution >= 4 is 5.97 Å². The summed E-state index contributed by atoms with van der Waals surface area (Å²) in [6.45, 7) is 3.58. The molecule has 110 valence electrons. The van der Waals surface area contributed by atoms with E-state index in [9.17, 15) is 9.18 Å². The van der Waals surface area contributed by atoms with Crippen LogP contribution in [-0.2, 0) is 9.53 Å². The molecule has 1 aromatic carbocycles. The molecular formula is C15H20FNO3. The SMILES string of the molecule is CCOC(=O)C(N)(COc1cccc(C)c1F)C1CC1. The van der Waals surface area contributed by atoms with Crippen molar-refractivity contribution in [2.75, 3.05) is 13.2 Å². The Bertz CT molecular complexity index is 502. The monoisotopic (exact) mass is 281 g/mol. The van der Waals surface area contributed by atoms with E-state index in [1.54, 1.807) is 26.0 Å². The Hall–Kier alpha value is -1.62. The van der Waals surface area contributed by atoms with Crippen LogP contribution in [0.3, 0.4) is 0 Å². The quantitative estimate of drug-likeness (QED) is 0.812. The van der Waals surface area contributed by atoms with Crippen LogP contribution in [0.1, 0.15) is 25.3 Å². The van der Waals surface area contributed by atoms with Crippen LogP contribution in [-0.4, -0.2) is 24.7 Å². The Kier molecular flexibility index (Phi) is 4.28. The van der Waals surface area contributed by atoms with Crippen LogP contribution in [0.5, 0.6) is 5.75 Å². The summed E-state index contributed by atoms with van der Waals surface area (Å²) in [6, 6.07) is 4.89. The number of carbonyl (C=O) groups excluding carboxylic acids is 1. The lowest BCUT2D eigenvalue weighted by molar-refractivity contribution is -0.152. The molecule has 2 N–H and O–H groups in total. The molecule has 5 heteroatoms. The van der Waals surface area contributed by atoms with E-state index in [1.165, 1.54) is 6.07 Å². The van der Waals surface area contributed by atoms with Crippen LogP contribution in [0.25, 0.3) is 0 Å². The second-order valence-electron chi connectivity index (χ2n) is 5.21. The van der Waals surface area contributed by atoms with Gasteiger partial charge >= 0.3 is 5.97 Å². The minimum Gasteiger partial charge on any atom is -0.488 e. The van der Waals surface area contributed by atoms with Crippen molar-refractivity contribution in [3.63, 3.8) is 0 Å². The average molecular weight is 281 g/mol. The first-order valence-electron chi connectivity index (χ1n) is 6.83. The van der Waals surface area contributed by atoms with E-state index < -0.39 is 17.3 Å². The fourth-order valence-corrected chi connectivity index (χ4v) is 2.14. The summed E-state index contributed by atoms with van der Waals surface area (Å²) < 4.78 is 24.3. The predicted molar refractivity (Wildman–Crippen MR) is 72.9 cm³/mol. The predicted octanol–water partition coefficient (Wildman–Crippen LogP) is 2.18. The number of halogens is 1. The van der Waals surface area contributed by atoms with Crippen molar-refractivity contribution in [1.29, 1.82) is 0 Å². The molecule has 0 radical (unpaired) electrons. The highest BCUT2D eigenvalue weighted by Crippen LogP contribution is 2.39. The summed E-state index contributed by atoms with van der Waals surface area (Å²) in [5.41, 5.74) is 5.45. The molecule has 1 aliphatic carbocycles. The maximum Gasteiger partial charge on any atom is 0.329 e. The standard InChI is InChI=1S/C15H20FNO3/c1-3-19-14(18)15(17,11-7-8-11)9-20-12-6-4-5-10(2)13(12)16/h4-6,11H,3,7-9,17H2,1-2H3. The van der Waals surface area contributed by atoms with Crippen molar-refractivity contribution < 1.29 is 18.7 Å². The van der Waals surface area contributed by atoms with Crippen LogP contribution in [0.15, 0.2) is 18.2 Å². The molecule has 1 unspecified atom stereocenters. The molecule has 20 heavy (non-hydrogen) atoms. The van der Waals surface area contributed by atoms with Crippen LogP contribution < -0.4 is 10.5 Å². The molecule has 0 aliphatic heterocycles. The number of hydrogen-bond donors (Lipinski definition) is 1. The summed E-state index contributed by atoms with van der Waals surface area (Å²) in [4.78, 5) is 12.0. The second-order valence-corrected chi connectivity index (χ2v) is 5.21. The molecule has 1 aromatic rings. The van der Waals surface area contributed by atoms with Gasteiger partial charge in [0.1, 0.15) is 6.61 Å². The average Bonchev–Trinajstić information content (AvgIpc) is 3.25. The lowest BCUT2D eigenvalue weighted by Gasteiger charge is -2.27. The number of ether oxygens (including phenoxy) is 2. The molecule has 1 fully saturated rings. The van der Waals surface area contributed by atoms with Crippen molar-refractivity contribution in [2.45, 2.75) is 32.2 Å². The van der Waals surface area contributed by atoms with Crippen molar-refractivity contribution in [3.05, 3.63) is 29.6 Å². The van der Waals surface area contributed by atoms with Gasteiger partial charge in [0.05, 0.1) is 6.61 Å². The lowest BCUT2D eigenvalue weighted by atomic mass is 9.96. The van der Waals surface area contributed by atoms with E-state index in [-0.39, 0.29) is 24.9 Å². The van der Waals surface area contributed by atoms with Gasteiger partial charge in [0.2, 0.25) is 0 Å². The molecule has 1 aliphatic rings. The molecule has 0 heterocycles. The first-order chi connectivity index (χ1) is 9.49. The zero-order valence-corrected chi connectivity index (χ0v) is 11.8. The van der Waals surface area contributed by atoms with Crippen LogP contribution >= 0.6 is 0 Å². The topological polar surface area (TPSA) is 61.5 Å². The van der Waals surface area contributed by atoms with Gasteiger partial charge < -0.3 is 15.2 Å². The smallest absolute Gasteiger partial charge is 0.329 e. The Morgan fingerprint density at radius 3 is 2.80 bits per heavy atom. The number of nitrogens with two attached hydrogens (primary N) is 1. The summed E-state index contributed by atoms with van der Waals surface area (Å²) >= 11 is 0. The van der Waals surface area contributed by atoms with Crippen LogP contribution in [0.2, 0.25) is 0 Å². The molecule has 1 saturated carbocycles. The van der Waals surface area contributed by atoms with Gasteiger partial charge in [-0.1, -0.05) is 12.1 Å². The number of rotatable bonds is 6. The summed E-state index contributed by atoms with van der Waals surface area (Å²) in [5.74, 6) is -0.732. The number of esters is 1. The van der Waals surface area contributed by atoms with Gasteiger partial charge in [0.25, 0.3) is 0 Å². The maximum atomic E-state index is 13.9. The fourth-order valence-electron chi connectivity index (χ4n) is 2.14. The highest BCUT2D eigenvalue weighted by Gasteiger charge is 2.50. The lowest BCUT2D eigenvalue weighted by Crippen LogP contribution is -2.55. The fraction of sp³-hybridized carbons (Fsp3) is 0.533. The zero-order chi connectivity index (χ0) is 14.8. The Morgan fingerprint density at radius 1 is 1.50 bits per heavy atom.